The number of halogens is 3. The lowest BCUT2D eigenvalue weighted by Gasteiger charge is -2.29. The van der Waals surface area contributed by atoms with E-state index in [4.69, 9.17) is 9.90 Å². The summed E-state index contributed by atoms with van der Waals surface area (Å²) in [5, 5.41) is 15.1. The Hall–Kier alpha value is -2.36. The normalized spacial score (nSPS) is 15.2. The molecule has 0 atom stereocenters. The molecule has 0 radical (unpaired) electrons. The topological polar surface area (TPSA) is 82.8 Å². The number of carboxylic acids is 1. The van der Waals surface area contributed by atoms with E-state index in [1.807, 2.05) is 10.7 Å². The molecule has 1 aliphatic heterocycles. The van der Waals surface area contributed by atoms with Crippen molar-refractivity contribution >= 4 is 17.4 Å². The number of hydrogen-bond donors (Lipinski definition) is 2. The van der Waals surface area contributed by atoms with Crippen LogP contribution in [-0.4, -0.2) is 58.0 Å². The zero-order chi connectivity index (χ0) is 17.0. The Morgan fingerprint density at radius 2 is 1.96 bits per heavy atom. The highest BCUT2D eigenvalue weighted by molar-refractivity contribution is 5.73. The lowest BCUT2D eigenvalue weighted by atomic mass is 10.2. The number of carbonyl (C=O) groups is 1. The maximum absolute atomic E-state index is 10.6. The zero-order valence-electron chi connectivity index (χ0n) is 12.3. The lowest BCUT2D eigenvalue weighted by molar-refractivity contribution is -0.192. The van der Waals surface area contributed by atoms with Crippen LogP contribution in [0.25, 0.3) is 5.65 Å². The van der Waals surface area contributed by atoms with Gasteiger partial charge in [-0.1, -0.05) is 0 Å². The molecule has 2 aromatic heterocycles. The van der Waals surface area contributed by atoms with Gasteiger partial charge in [-0.05, 0) is 18.6 Å². The number of rotatable bonds is 1. The first kappa shape index (κ1) is 17.0. The number of imidazole rings is 1. The highest BCUT2D eigenvalue weighted by atomic mass is 19.4. The molecule has 126 valence electrons. The smallest absolute Gasteiger partial charge is 0.475 e. The molecule has 1 aliphatic rings. The van der Waals surface area contributed by atoms with Gasteiger partial charge in [-0.15, -0.1) is 5.10 Å². The van der Waals surface area contributed by atoms with E-state index < -0.39 is 12.1 Å². The standard InChI is InChI=1S/C11H15N5.C2HF3O2/c1-9-8-10-13-4-7-16(10)14-11(9)15-5-2-12-3-6-15;3-2(4,5)1(6)7/h4,7-8,12H,2-3,5-6H2,1H3;(H,6,7). The van der Waals surface area contributed by atoms with Crippen LogP contribution in [0.1, 0.15) is 5.56 Å². The summed E-state index contributed by atoms with van der Waals surface area (Å²) in [6.07, 6.45) is -1.41. The minimum atomic E-state index is -5.08. The number of carboxylic acid groups (broad SMARTS) is 1. The molecule has 0 unspecified atom stereocenters. The molecule has 2 aromatic rings. The van der Waals surface area contributed by atoms with Gasteiger partial charge >= 0.3 is 12.1 Å². The predicted molar refractivity (Wildman–Crippen MR) is 76.5 cm³/mol. The van der Waals surface area contributed by atoms with Crippen LogP contribution in [0, 0.1) is 6.92 Å². The quantitative estimate of drug-likeness (QED) is 0.814. The largest absolute Gasteiger partial charge is 0.490 e. The number of nitrogens with one attached hydrogen (secondary N) is 1. The van der Waals surface area contributed by atoms with E-state index in [1.165, 1.54) is 5.56 Å². The van der Waals surface area contributed by atoms with E-state index in [0.29, 0.717) is 0 Å². The average molecular weight is 331 g/mol. The van der Waals surface area contributed by atoms with Crippen LogP contribution in [0.5, 0.6) is 0 Å². The maximum atomic E-state index is 10.6. The number of aromatic nitrogens is 3. The van der Waals surface area contributed by atoms with E-state index in [1.54, 1.807) is 6.20 Å². The van der Waals surface area contributed by atoms with E-state index in [-0.39, 0.29) is 0 Å². The summed E-state index contributed by atoms with van der Waals surface area (Å²) in [6, 6.07) is 2.09. The molecule has 3 heterocycles. The summed E-state index contributed by atoms with van der Waals surface area (Å²) < 4.78 is 33.6. The second kappa shape index (κ2) is 6.82. The molecule has 10 heteroatoms. The van der Waals surface area contributed by atoms with Gasteiger partial charge in [0.25, 0.3) is 0 Å². The van der Waals surface area contributed by atoms with E-state index in [0.717, 1.165) is 37.6 Å². The Kier molecular flexibility index (Phi) is 5.04. The second-order valence-electron chi connectivity index (χ2n) is 4.92. The first-order valence-electron chi connectivity index (χ1n) is 6.86. The molecule has 1 fully saturated rings. The van der Waals surface area contributed by atoms with Crippen molar-refractivity contribution in [1.29, 1.82) is 0 Å². The number of anilines is 1. The highest BCUT2D eigenvalue weighted by Gasteiger charge is 2.38. The van der Waals surface area contributed by atoms with E-state index >= 15 is 0 Å². The van der Waals surface area contributed by atoms with Crippen LogP contribution in [-0.2, 0) is 4.79 Å². The molecule has 7 nitrogen and oxygen atoms in total. The van der Waals surface area contributed by atoms with Crippen molar-refractivity contribution in [2.75, 3.05) is 31.1 Å². The van der Waals surface area contributed by atoms with Crippen LogP contribution in [0.4, 0.5) is 19.0 Å². The van der Waals surface area contributed by atoms with Gasteiger partial charge in [0, 0.05) is 38.6 Å². The Balaban J connectivity index is 0.000000236. The molecule has 3 rings (SSSR count). The van der Waals surface area contributed by atoms with Gasteiger partial charge in [0.15, 0.2) is 11.5 Å². The molecular weight excluding hydrogens is 315 g/mol. The third-order valence-electron chi connectivity index (χ3n) is 3.21. The number of alkyl halides is 3. The summed E-state index contributed by atoms with van der Waals surface area (Å²) in [5.74, 6) is -1.68. The van der Waals surface area contributed by atoms with Crippen molar-refractivity contribution in [3.8, 4) is 0 Å². The van der Waals surface area contributed by atoms with Gasteiger partial charge in [0.2, 0.25) is 0 Å². The van der Waals surface area contributed by atoms with Crippen molar-refractivity contribution in [1.82, 2.24) is 19.9 Å². The number of fused-ring (bicyclic) bond motifs is 1. The molecule has 0 amide bonds. The number of aliphatic carboxylic acids is 1. The van der Waals surface area contributed by atoms with Crippen molar-refractivity contribution < 1.29 is 23.1 Å². The molecule has 0 saturated carbocycles. The average Bonchev–Trinajstić information content (AvgIpc) is 2.94. The predicted octanol–water partition coefficient (Wildman–Crippen LogP) is 1.08. The highest BCUT2D eigenvalue weighted by Crippen LogP contribution is 2.18. The lowest BCUT2D eigenvalue weighted by Crippen LogP contribution is -2.44. The molecule has 0 aliphatic carbocycles. The first-order chi connectivity index (χ1) is 10.8. The fourth-order valence-corrected chi connectivity index (χ4v) is 2.12. The van der Waals surface area contributed by atoms with Gasteiger partial charge in [-0.2, -0.15) is 13.2 Å². The molecule has 0 spiro atoms. The zero-order valence-corrected chi connectivity index (χ0v) is 12.3. The van der Waals surface area contributed by atoms with Gasteiger partial charge in [0.1, 0.15) is 0 Å². The third-order valence-corrected chi connectivity index (χ3v) is 3.21. The van der Waals surface area contributed by atoms with Gasteiger partial charge in [0.05, 0.1) is 0 Å². The van der Waals surface area contributed by atoms with Crippen LogP contribution in [0.15, 0.2) is 18.5 Å². The fraction of sp³-hybridized carbons (Fsp3) is 0.462. The van der Waals surface area contributed by atoms with Crippen LogP contribution in [0.2, 0.25) is 0 Å². The SMILES string of the molecule is Cc1cc2nccn2nc1N1CCNCC1.O=C(O)C(F)(F)F. The van der Waals surface area contributed by atoms with Gasteiger partial charge < -0.3 is 15.3 Å². The van der Waals surface area contributed by atoms with Crippen molar-refractivity contribution in [3.63, 3.8) is 0 Å². The third kappa shape index (κ3) is 4.31. The summed E-state index contributed by atoms with van der Waals surface area (Å²) in [7, 11) is 0. The molecule has 0 aromatic carbocycles. The summed E-state index contributed by atoms with van der Waals surface area (Å²) in [5.41, 5.74) is 2.11. The Bertz CT molecular complexity index is 680. The summed E-state index contributed by atoms with van der Waals surface area (Å²) in [4.78, 5) is 15.5. The Morgan fingerprint density at radius 3 is 2.52 bits per heavy atom. The molecule has 1 saturated heterocycles. The summed E-state index contributed by atoms with van der Waals surface area (Å²) in [6.45, 7) is 6.20. The monoisotopic (exact) mass is 331 g/mol. The minimum Gasteiger partial charge on any atom is -0.475 e. The van der Waals surface area contributed by atoms with Crippen molar-refractivity contribution in [3.05, 3.63) is 24.0 Å². The van der Waals surface area contributed by atoms with Crippen LogP contribution < -0.4 is 10.2 Å². The molecule has 23 heavy (non-hydrogen) atoms. The first-order valence-corrected chi connectivity index (χ1v) is 6.86. The molecule has 2 N–H and O–H groups in total. The van der Waals surface area contributed by atoms with E-state index in [2.05, 4.69) is 33.3 Å². The Labute approximate surface area is 129 Å². The maximum Gasteiger partial charge on any atom is 0.490 e. The molecular formula is C13H16F3N5O2. The molecule has 0 bridgehead atoms. The van der Waals surface area contributed by atoms with Crippen molar-refractivity contribution in [2.45, 2.75) is 13.1 Å². The van der Waals surface area contributed by atoms with E-state index in [9.17, 15) is 13.2 Å². The number of nitrogens with zero attached hydrogens (tertiary/aromatic N) is 4. The Morgan fingerprint density at radius 1 is 1.35 bits per heavy atom. The van der Waals surface area contributed by atoms with Crippen LogP contribution >= 0.6 is 0 Å². The van der Waals surface area contributed by atoms with Gasteiger partial charge in [-0.3, -0.25) is 0 Å². The second-order valence-corrected chi connectivity index (χ2v) is 4.92. The van der Waals surface area contributed by atoms with Gasteiger partial charge in [-0.25, -0.2) is 14.3 Å². The fourth-order valence-electron chi connectivity index (χ4n) is 2.12. The summed E-state index contributed by atoms with van der Waals surface area (Å²) >= 11 is 0. The number of hydrogen-bond acceptors (Lipinski definition) is 5. The van der Waals surface area contributed by atoms with Crippen molar-refractivity contribution in [2.24, 2.45) is 0 Å². The minimum absolute atomic E-state index is 0.913. The van der Waals surface area contributed by atoms with Crippen LogP contribution in [0.3, 0.4) is 0 Å². The number of piperazine rings is 1. The number of aryl methyl sites for hydroxylation is 1.